The molecule has 2 heterocycles. The third-order valence-corrected chi connectivity index (χ3v) is 5.30. The summed E-state index contributed by atoms with van der Waals surface area (Å²) in [6.07, 6.45) is 0.196. The van der Waals surface area contributed by atoms with Gasteiger partial charge in [0.15, 0.2) is 0 Å². The zero-order chi connectivity index (χ0) is 16.0. The van der Waals surface area contributed by atoms with Gasteiger partial charge < -0.3 is 0 Å². The molecule has 0 radical (unpaired) electrons. The minimum absolute atomic E-state index is 0.0170. The summed E-state index contributed by atoms with van der Waals surface area (Å²) >= 11 is 0. The normalized spacial score (nSPS) is 27.4. The molecule has 3 aromatic carbocycles. The van der Waals surface area contributed by atoms with Gasteiger partial charge in [-0.3, -0.25) is 4.90 Å². The van der Waals surface area contributed by atoms with E-state index in [4.69, 9.17) is 4.99 Å². The lowest BCUT2D eigenvalue weighted by atomic mass is 9.90. The predicted molar refractivity (Wildman–Crippen MR) is 96.1 cm³/mol. The molecule has 1 N–H and O–H groups in total. The first-order valence-electron chi connectivity index (χ1n) is 8.50. The van der Waals surface area contributed by atoms with Crippen LogP contribution in [0, 0.1) is 0 Å². The smallest absolute Gasteiger partial charge is 0.218 e. The van der Waals surface area contributed by atoms with Crippen molar-refractivity contribution in [2.24, 2.45) is 4.99 Å². The number of nitrogens with one attached hydrogen (secondary N) is 1. The molecule has 0 saturated carbocycles. The first-order chi connectivity index (χ1) is 11.9. The predicted octanol–water partition coefficient (Wildman–Crippen LogP) is 2.98. The van der Waals surface area contributed by atoms with Crippen LogP contribution in [0.15, 0.2) is 96.0 Å². The lowest BCUT2D eigenvalue weighted by molar-refractivity contribution is -0.818. The Morgan fingerprint density at radius 1 is 0.750 bits per heavy atom. The molecule has 1 fully saturated rings. The summed E-state index contributed by atoms with van der Waals surface area (Å²) in [4.78, 5) is 6.73. The molecule has 116 valence electrons. The molecule has 5 rings (SSSR count). The number of rotatable bonds is 3. The minimum Gasteiger partial charge on any atom is -0.286 e. The topological polar surface area (TPSA) is 16.8 Å². The molecule has 0 spiro atoms. The molecule has 1 saturated heterocycles. The van der Waals surface area contributed by atoms with Crippen molar-refractivity contribution >= 4 is 5.71 Å². The van der Waals surface area contributed by atoms with E-state index in [0.717, 1.165) is 6.54 Å². The molecule has 2 heteroatoms. The number of hydrogen-bond donors (Lipinski definition) is 1. The summed E-state index contributed by atoms with van der Waals surface area (Å²) in [5.74, 6) is 0. The Balaban J connectivity index is 1.66. The summed E-state index contributed by atoms with van der Waals surface area (Å²) in [7, 11) is 0. The van der Waals surface area contributed by atoms with Gasteiger partial charge in [-0.25, -0.2) is 4.99 Å². The fourth-order valence-corrected chi connectivity index (χ4v) is 4.10. The first-order valence-corrected chi connectivity index (χ1v) is 8.50. The molecule has 2 nitrogen and oxygen atoms in total. The Bertz CT molecular complexity index is 887. The van der Waals surface area contributed by atoms with E-state index in [1.807, 2.05) is 0 Å². The SMILES string of the molecule is c1ccc(C2=N[C@@H](c3ccccc3)[NH+]3C[C@@]23c2ccccc2)cc1. The average molecular weight is 311 g/mol. The number of aliphatic imine (C=N–C) groups is 1. The van der Waals surface area contributed by atoms with Gasteiger partial charge in [0, 0.05) is 16.7 Å². The van der Waals surface area contributed by atoms with Crippen molar-refractivity contribution in [1.82, 2.24) is 0 Å². The second kappa shape index (κ2) is 5.15. The van der Waals surface area contributed by atoms with E-state index < -0.39 is 0 Å². The highest BCUT2D eigenvalue weighted by atomic mass is 15.5. The molecule has 1 unspecified atom stereocenters. The second-order valence-corrected chi connectivity index (χ2v) is 6.63. The van der Waals surface area contributed by atoms with Crippen LogP contribution in [0.2, 0.25) is 0 Å². The van der Waals surface area contributed by atoms with Crippen LogP contribution in [-0.4, -0.2) is 12.3 Å². The first kappa shape index (κ1) is 13.7. The Hall–Kier alpha value is -2.71. The van der Waals surface area contributed by atoms with Crippen LogP contribution in [0.25, 0.3) is 0 Å². The summed E-state index contributed by atoms with van der Waals surface area (Å²) in [5.41, 5.74) is 5.17. The van der Waals surface area contributed by atoms with Gasteiger partial charge >= 0.3 is 0 Å². The van der Waals surface area contributed by atoms with E-state index >= 15 is 0 Å². The number of benzene rings is 3. The molecule has 24 heavy (non-hydrogen) atoms. The van der Waals surface area contributed by atoms with E-state index in [9.17, 15) is 0 Å². The number of nitrogens with zero attached hydrogens (tertiary/aromatic N) is 1. The third kappa shape index (κ3) is 1.90. The van der Waals surface area contributed by atoms with Crippen molar-refractivity contribution in [3.63, 3.8) is 0 Å². The van der Waals surface area contributed by atoms with Crippen LogP contribution in [0.1, 0.15) is 22.9 Å². The fraction of sp³-hybridized carbons (Fsp3) is 0.136. The van der Waals surface area contributed by atoms with Gasteiger partial charge in [-0.15, -0.1) is 0 Å². The second-order valence-electron chi connectivity index (χ2n) is 6.63. The zero-order valence-electron chi connectivity index (χ0n) is 13.4. The van der Waals surface area contributed by atoms with E-state index in [0.29, 0.717) is 0 Å². The van der Waals surface area contributed by atoms with Gasteiger partial charge in [0.2, 0.25) is 11.7 Å². The molecule has 2 aliphatic rings. The lowest BCUT2D eigenvalue weighted by Crippen LogP contribution is -2.95. The molecule has 3 atom stereocenters. The Morgan fingerprint density at radius 2 is 1.33 bits per heavy atom. The van der Waals surface area contributed by atoms with Crippen molar-refractivity contribution in [3.05, 3.63) is 108 Å². The molecule has 0 bridgehead atoms. The van der Waals surface area contributed by atoms with Gasteiger partial charge in [0.1, 0.15) is 12.3 Å². The van der Waals surface area contributed by atoms with E-state index in [2.05, 4.69) is 91.0 Å². The Morgan fingerprint density at radius 3 is 2.00 bits per heavy atom. The van der Waals surface area contributed by atoms with Gasteiger partial charge in [-0.05, 0) is 0 Å². The number of quaternary nitrogens is 1. The van der Waals surface area contributed by atoms with Crippen LogP contribution in [-0.2, 0) is 5.54 Å². The summed E-state index contributed by atoms with van der Waals surface area (Å²) in [6.45, 7) is 1.12. The lowest BCUT2D eigenvalue weighted by Gasteiger charge is -2.11. The highest BCUT2D eigenvalue weighted by Gasteiger charge is 2.70. The molecule has 3 aromatic rings. The quantitative estimate of drug-likeness (QED) is 0.716. The van der Waals surface area contributed by atoms with Crippen molar-refractivity contribution in [2.45, 2.75) is 11.7 Å². The average Bonchev–Trinajstić information content (AvgIpc) is 3.33. The maximum Gasteiger partial charge on any atom is 0.218 e. The van der Waals surface area contributed by atoms with Gasteiger partial charge in [0.25, 0.3) is 0 Å². The maximum absolute atomic E-state index is 5.19. The minimum atomic E-state index is 0.0170. The summed E-state index contributed by atoms with van der Waals surface area (Å²) < 4.78 is 0. The van der Waals surface area contributed by atoms with Crippen LogP contribution < -0.4 is 4.90 Å². The monoisotopic (exact) mass is 311 g/mol. The summed E-state index contributed by atoms with van der Waals surface area (Å²) in [6, 6.07) is 32.2. The van der Waals surface area contributed by atoms with E-state index in [1.54, 1.807) is 4.90 Å². The molecular formula is C22H19N2+. The molecule has 2 aliphatic heterocycles. The molecule has 0 aromatic heterocycles. The third-order valence-electron chi connectivity index (χ3n) is 5.30. The van der Waals surface area contributed by atoms with Crippen molar-refractivity contribution in [1.29, 1.82) is 0 Å². The van der Waals surface area contributed by atoms with Crippen LogP contribution in [0.4, 0.5) is 0 Å². The zero-order valence-corrected chi connectivity index (χ0v) is 13.4. The highest BCUT2D eigenvalue weighted by Crippen LogP contribution is 2.38. The largest absolute Gasteiger partial charge is 0.286 e. The van der Waals surface area contributed by atoms with Gasteiger partial charge in [-0.1, -0.05) is 91.0 Å². The molecule has 0 aliphatic carbocycles. The van der Waals surface area contributed by atoms with Gasteiger partial charge in [0.05, 0.1) is 0 Å². The Labute approximate surface area is 142 Å². The number of fused-ring (bicyclic) bond motifs is 1. The Kier molecular flexibility index (Phi) is 2.94. The summed E-state index contributed by atoms with van der Waals surface area (Å²) in [5, 5.41) is 0. The van der Waals surface area contributed by atoms with Crippen molar-refractivity contribution < 1.29 is 4.90 Å². The van der Waals surface area contributed by atoms with Crippen molar-refractivity contribution in [2.75, 3.05) is 6.54 Å². The molecule has 0 amide bonds. The fourth-order valence-electron chi connectivity index (χ4n) is 4.10. The molecular weight excluding hydrogens is 292 g/mol. The van der Waals surface area contributed by atoms with E-state index in [-0.39, 0.29) is 11.7 Å². The van der Waals surface area contributed by atoms with Crippen LogP contribution >= 0.6 is 0 Å². The van der Waals surface area contributed by atoms with Crippen molar-refractivity contribution in [3.8, 4) is 0 Å². The van der Waals surface area contributed by atoms with E-state index in [1.165, 1.54) is 22.4 Å². The van der Waals surface area contributed by atoms with Crippen LogP contribution in [0.3, 0.4) is 0 Å². The maximum atomic E-state index is 5.19. The highest BCUT2D eigenvalue weighted by molar-refractivity contribution is 6.09. The van der Waals surface area contributed by atoms with Gasteiger partial charge in [-0.2, -0.15) is 0 Å². The van der Waals surface area contributed by atoms with Crippen LogP contribution in [0.5, 0.6) is 0 Å². The number of hydrogen-bond acceptors (Lipinski definition) is 1. The standard InChI is InChI=1S/C22H18N2/c1-4-10-17(11-5-1)20-22(19-14-8-3-9-15-19)16-24(22)21(23-20)18-12-6-2-7-13-18/h1-15,21H,16H2/p+1/t21-,22-,24?/m1/s1.